The van der Waals surface area contributed by atoms with Gasteiger partial charge in [0.15, 0.2) is 5.11 Å². The molecule has 1 fully saturated rings. The van der Waals surface area contributed by atoms with Crippen LogP contribution in [0.3, 0.4) is 0 Å². The number of hydrogen-bond acceptors (Lipinski definition) is 3. The van der Waals surface area contributed by atoms with Crippen molar-refractivity contribution < 1.29 is 9.53 Å². The highest BCUT2D eigenvalue weighted by Gasteiger charge is 2.22. The SMILES string of the molecule is COc1ccc(C(CC(C)C)NC(=S)Nc2cccc(N3CCCC3=O)c2)cc1. The van der Waals surface area contributed by atoms with Gasteiger partial charge in [-0.25, -0.2) is 0 Å². The molecular weight excluding hydrogens is 382 g/mol. The van der Waals surface area contributed by atoms with Gasteiger partial charge in [0.05, 0.1) is 13.2 Å². The summed E-state index contributed by atoms with van der Waals surface area (Å²) in [5.41, 5.74) is 2.95. The Morgan fingerprint density at radius 1 is 1.21 bits per heavy atom. The third-order valence-electron chi connectivity index (χ3n) is 5.02. The molecular formula is C23H29N3O2S. The molecule has 2 aromatic rings. The van der Waals surface area contributed by atoms with Crippen molar-refractivity contribution >= 4 is 34.6 Å². The standard InChI is InChI=1S/C23H29N3O2S/c1-16(2)14-21(17-9-11-20(28-3)12-10-17)25-23(29)24-18-6-4-7-19(15-18)26-13-5-8-22(26)27/h4,6-7,9-12,15-16,21H,5,8,13-14H2,1-3H3,(H2,24,25,29). The lowest BCUT2D eigenvalue weighted by Gasteiger charge is -2.24. The molecule has 1 atom stereocenters. The van der Waals surface area contributed by atoms with Crippen LogP contribution in [0.25, 0.3) is 0 Å². The smallest absolute Gasteiger partial charge is 0.227 e. The van der Waals surface area contributed by atoms with Gasteiger partial charge < -0.3 is 20.3 Å². The maximum absolute atomic E-state index is 12.0. The minimum absolute atomic E-state index is 0.101. The first-order chi connectivity index (χ1) is 14.0. The molecule has 0 aromatic heterocycles. The van der Waals surface area contributed by atoms with Crippen LogP contribution in [0.2, 0.25) is 0 Å². The monoisotopic (exact) mass is 411 g/mol. The summed E-state index contributed by atoms with van der Waals surface area (Å²) in [5.74, 6) is 1.53. The van der Waals surface area contributed by atoms with Crippen LogP contribution in [-0.2, 0) is 4.79 Å². The van der Waals surface area contributed by atoms with Gasteiger partial charge in [-0.2, -0.15) is 0 Å². The average molecular weight is 412 g/mol. The minimum Gasteiger partial charge on any atom is -0.497 e. The van der Waals surface area contributed by atoms with Gasteiger partial charge >= 0.3 is 0 Å². The molecule has 0 radical (unpaired) electrons. The zero-order valence-electron chi connectivity index (χ0n) is 17.3. The van der Waals surface area contributed by atoms with Crippen LogP contribution in [0.5, 0.6) is 5.75 Å². The topological polar surface area (TPSA) is 53.6 Å². The number of carbonyl (C=O) groups excluding carboxylic acids is 1. The number of thiocarbonyl (C=S) groups is 1. The first-order valence-electron chi connectivity index (χ1n) is 10.1. The quantitative estimate of drug-likeness (QED) is 0.635. The number of ether oxygens (including phenoxy) is 1. The number of nitrogens with one attached hydrogen (secondary N) is 2. The normalized spacial score (nSPS) is 14.8. The molecule has 1 amide bonds. The summed E-state index contributed by atoms with van der Waals surface area (Å²) >= 11 is 5.59. The van der Waals surface area contributed by atoms with E-state index in [1.807, 2.05) is 41.3 Å². The molecule has 1 unspecified atom stereocenters. The summed E-state index contributed by atoms with van der Waals surface area (Å²) in [6, 6.07) is 16.0. The van der Waals surface area contributed by atoms with E-state index in [9.17, 15) is 4.79 Å². The molecule has 0 bridgehead atoms. The molecule has 2 aromatic carbocycles. The van der Waals surface area contributed by atoms with Crippen molar-refractivity contribution in [3.63, 3.8) is 0 Å². The van der Waals surface area contributed by atoms with Gasteiger partial charge in [0.25, 0.3) is 0 Å². The molecule has 2 N–H and O–H groups in total. The Morgan fingerprint density at radius 2 is 1.97 bits per heavy atom. The summed E-state index contributed by atoms with van der Waals surface area (Å²) in [7, 11) is 1.67. The fourth-order valence-corrected chi connectivity index (χ4v) is 3.84. The van der Waals surface area contributed by atoms with Crippen LogP contribution in [0.1, 0.15) is 44.7 Å². The zero-order chi connectivity index (χ0) is 20.8. The van der Waals surface area contributed by atoms with Gasteiger partial charge in [0.2, 0.25) is 5.91 Å². The van der Waals surface area contributed by atoms with E-state index in [0.717, 1.165) is 36.5 Å². The second-order valence-electron chi connectivity index (χ2n) is 7.75. The number of carbonyl (C=O) groups is 1. The van der Waals surface area contributed by atoms with Gasteiger partial charge in [0.1, 0.15) is 5.75 Å². The van der Waals surface area contributed by atoms with E-state index in [-0.39, 0.29) is 11.9 Å². The fourth-order valence-electron chi connectivity index (χ4n) is 3.58. The highest BCUT2D eigenvalue weighted by Crippen LogP contribution is 2.26. The number of nitrogens with zero attached hydrogens (tertiary/aromatic N) is 1. The summed E-state index contributed by atoms with van der Waals surface area (Å²) in [6.45, 7) is 5.18. The number of rotatable bonds is 7. The van der Waals surface area contributed by atoms with E-state index < -0.39 is 0 Å². The lowest BCUT2D eigenvalue weighted by atomic mass is 9.97. The predicted octanol–water partition coefficient (Wildman–Crippen LogP) is 4.90. The van der Waals surface area contributed by atoms with Crippen molar-refractivity contribution in [3.8, 4) is 5.75 Å². The van der Waals surface area contributed by atoms with Gasteiger partial charge in [-0.15, -0.1) is 0 Å². The molecule has 0 saturated carbocycles. The molecule has 0 aliphatic carbocycles. The number of amides is 1. The third kappa shape index (κ3) is 5.70. The van der Waals surface area contributed by atoms with Crippen LogP contribution in [0.15, 0.2) is 48.5 Å². The van der Waals surface area contributed by atoms with Gasteiger partial charge in [-0.3, -0.25) is 4.79 Å². The molecule has 29 heavy (non-hydrogen) atoms. The Labute approximate surface area is 178 Å². The van der Waals surface area contributed by atoms with E-state index in [4.69, 9.17) is 17.0 Å². The average Bonchev–Trinajstić information content (AvgIpc) is 3.13. The maximum Gasteiger partial charge on any atom is 0.227 e. The van der Waals surface area contributed by atoms with Gasteiger partial charge in [-0.1, -0.05) is 32.0 Å². The molecule has 1 saturated heterocycles. The Morgan fingerprint density at radius 3 is 2.59 bits per heavy atom. The Bertz CT molecular complexity index is 851. The Kier molecular flexibility index (Phi) is 7.09. The predicted molar refractivity (Wildman–Crippen MR) is 123 cm³/mol. The van der Waals surface area contributed by atoms with Crippen LogP contribution < -0.4 is 20.3 Å². The summed E-state index contributed by atoms with van der Waals surface area (Å²) < 4.78 is 5.26. The van der Waals surface area contributed by atoms with E-state index >= 15 is 0 Å². The highest BCUT2D eigenvalue weighted by atomic mass is 32.1. The maximum atomic E-state index is 12.0. The van der Waals surface area contributed by atoms with Crippen molar-refractivity contribution in [2.75, 3.05) is 23.9 Å². The first kappa shape index (κ1) is 21.1. The van der Waals surface area contributed by atoms with E-state index in [2.05, 4.69) is 36.6 Å². The van der Waals surface area contributed by atoms with Crippen molar-refractivity contribution in [1.82, 2.24) is 5.32 Å². The fraction of sp³-hybridized carbons (Fsp3) is 0.391. The molecule has 5 nitrogen and oxygen atoms in total. The lowest BCUT2D eigenvalue weighted by molar-refractivity contribution is -0.117. The van der Waals surface area contributed by atoms with Crippen molar-refractivity contribution in [3.05, 3.63) is 54.1 Å². The minimum atomic E-state index is 0.101. The molecule has 1 aliphatic heterocycles. The number of hydrogen-bond donors (Lipinski definition) is 2. The summed E-state index contributed by atoms with van der Waals surface area (Å²) in [5, 5.41) is 7.29. The molecule has 6 heteroatoms. The zero-order valence-corrected chi connectivity index (χ0v) is 18.1. The first-order valence-corrected chi connectivity index (χ1v) is 10.5. The van der Waals surface area contributed by atoms with Gasteiger partial charge in [0, 0.05) is 24.3 Å². The third-order valence-corrected chi connectivity index (χ3v) is 5.24. The molecule has 154 valence electrons. The molecule has 1 aliphatic rings. The Balaban J connectivity index is 1.68. The Hall–Kier alpha value is -2.60. The number of anilines is 2. The highest BCUT2D eigenvalue weighted by molar-refractivity contribution is 7.80. The number of methoxy groups -OCH3 is 1. The van der Waals surface area contributed by atoms with Crippen LogP contribution in [-0.4, -0.2) is 24.7 Å². The number of benzene rings is 2. The van der Waals surface area contributed by atoms with Gasteiger partial charge in [-0.05, 0) is 66.9 Å². The van der Waals surface area contributed by atoms with Crippen LogP contribution in [0, 0.1) is 5.92 Å². The van der Waals surface area contributed by atoms with Crippen LogP contribution >= 0.6 is 12.2 Å². The lowest BCUT2D eigenvalue weighted by Crippen LogP contribution is -2.33. The van der Waals surface area contributed by atoms with Crippen molar-refractivity contribution in [1.29, 1.82) is 0 Å². The summed E-state index contributed by atoms with van der Waals surface area (Å²) in [6.07, 6.45) is 2.49. The molecule has 1 heterocycles. The van der Waals surface area contributed by atoms with Crippen LogP contribution in [0.4, 0.5) is 11.4 Å². The van der Waals surface area contributed by atoms with E-state index in [1.54, 1.807) is 7.11 Å². The second kappa shape index (κ2) is 9.74. The summed E-state index contributed by atoms with van der Waals surface area (Å²) in [4.78, 5) is 13.9. The molecule has 0 spiro atoms. The van der Waals surface area contributed by atoms with E-state index in [0.29, 0.717) is 17.5 Å². The van der Waals surface area contributed by atoms with E-state index in [1.165, 1.54) is 5.56 Å². The molecule has 3 rings (SSSR count). The second-order valence-corrected chi connectivity index (χ2v) is 8.16. The van der Waals surface area contributed by atoms with Crippen molar-refractivity contribution in [2.45, 2.75) is 39.2 Å². The van der Waals surface area contributed by atoms with Crippen molar-refractivity contribution in [2.24, 2.45) is 5.92 Å². The largest absolute Gasteiger partial charge is 0.497 e.